The topological polar surface area (TPSA) is 29.1 Å². The van der Waals surface area contributed by atoms with E-state index in [1.54, 1.807) is 24.4 Å². The van der Waals surface area contributed by atoms with Crippen molar-refractivity contribution in [2.75, 3.05) is 5.32 Å². The van der Waals surface area contributed by atoms with Crippen LogP contribution in [0.25, 0.3) is 0 Å². The minimum absolute atomic E-state index is 0.00136. The second-order valence-corrected chi connectivity index (χ2v) is 4.71. The zero-order valence-electron chi connectivity index (χ0n) is 8.89. The van der Waals surface area contributed by atoms with Crippen LogP contribution < -0.4 is 5.32 Å². The minimum Gasteiger partial charge on any atom is -0.362 e. The van der Waals surface area contributed by atoms with E-state index in [-0.39, 0.29) is 5.78 Å². The fourth-order valence-electron chi connectivity index (χ4n) is 1.26. The van der Waals surface area contributed by atoms with Crippen LogP contribution >= 0.6 is 22.9 Å². The first-order valence-electron chi connectivity index (χ1n) is 5.02. The fourth-order valence-corrected chi connectivity index (χ4v) is 2.03. The van der Waals surface area contributed by atoms with Crippen LogP contribution in [-0.2, 0) is 0 Å². The molecule has 86 valence electrons. The monoisotopic (exact) mass is 263 g/mol. The molecule has 4 heteroatoms. The normalized spacial score (nSPS) is 10.6. The van der Waals surface area contributed by atoms with Gasteiger partial charge in [-0.2, -0.15) is 0 Å². The molecule has 0 aliphatic heterocycles. The van der Waals surface area contributed by atoms with E-state index in [1.807, 2.05) is 23.6 Å². The number of thiophene rings is 1. The molecule has 17 heavy (non-hydrogen) atoms. The van der Waals surface area contributed by atoms with Crippen molar-refractivity contribution in [3.05, 3.63) is 64.0 Å². The average molecular weight is 264 g/mol. The summed E-state index contributed by atoms with van der Waals surface area (Å²) in [6, 6.07) is 10.9. The van der Waals surface area contributed by atoms with Crippen LogP contribution in [0.1, 0.15) is 9.67 Å². The highest BCUT2D eigenvalue weighted by Gasteiger charge is 2.00. The predicted octanol–water partition coefficient (Wildman–Crippen LogP) is 4.21. The molecule has 2 aromatic rings. The van der Waals surface area contributed by atoms with Crippen molar-refractivity contribution < 1.29 is 4.79 Å². The lowest BCUT2D eigenvalue weighted by molar-refractivity contribution is 0.105. The number of carbonyl (C=O) groups excluding carboxylic acids is 1. The Morgan fingerprint density at radius 1 is 1.24 bits per heavy atom. The molecule has 1 aromatic carbocycles. The molecule has 0 fully saturated rings. The summed E-state index contributed by atoms with van der Waals surface area (Å²) in [5.41, 5.74) is 0.893. The van der Waals surface area contributed by atoms with Crippen LogP contribution in [0.5, 0.6) is 0 Å². The Morgan fingerprint density at radius 2 is 2.00 bits per heavy atom. The first-order valence-corrected chi connectivity index (χ1v) is 6.28. The largest absolute Gasteiger partial charge is 0.362 e. The maximum Gasteiger partial charge on any atom is 0.197 e. The Bertz CT molecular complexity index is 517. The summed E-state index contributed by atoms with van der Waals surface area (Å²) in [6.45, 7) is 0. The SMILES string of the molecule is O=C(/C=C\Nc1ccc(Cl)cc1)c1cccs1. The Hall–Kier alpha value is -1.58. The Labute approximate surface area is 109 Å². The molecule has 0 spiro atoms. The molecule has 2 rings (SSSR count). The first-order chi connectivity index (χ1) is 8.25. The van der Waals surface area contributed by atoms with E-state index >= 15 is 0 Å². The molecule has 0 radical (unpaired) electrons. The van der Waals surface area contributed by atoms with Crippen molar-refractivity contribution in [3.63, 3.8) is 0 Å². The minimum atomic E-state index is 0.00136. The van der Waals surface area contributed by atoms with Gasteiger partial charge in [0.15, 0.2) is 5.78 Å². The molecular weight excluding hydrogens is 254 g/mol. The number of hydrogen-bond donors (Lipinski definition) is 1. The number of anilines is 1. The molecule has 1 heterocycles. The Morgan fingerprint density at radius 3 is 2.65 bits per heavy atom. The second-order valence-electron chi connectivity index (χ2n) is 3.33. The van der Waals surface area contributed by atoms with Gasteiger partial charge in [-0.25, -0.2) is 0 Å². The summed E-state index contributed by atoms with van der Waals surface area (Å²) >= 11 is 7.20. The van der Waals surface area contributed by atoms with Crippen LogP contribution in [0.3, 0.4) is 0 Å². The van der Waals surface area contributed by atoms with Crippen molar-refractivity contribution in [1.29, 1.82) is 0 Å². The molecule has 0 aliphatic rings. The van der Waals surface area contributed by atoms with Gasteiger partial charge in [-0.3, -0.25) is 4.79 Å². The van der Waals surface area contributed by atoms with E-state index in [0.29, 0.717) is 5.02 Å². The second kappa shape index (κ2) is 5.66. The number of allylic oxidation sites excluding steroid dienone is 1. The van der Waals surface area contributed by atoms with E-state index < -0.39 is 0 Å². The summed E-state index contributed by atoms with van der Waals surface area (Å²) in [5.74, 6) is 0.00136. The summed E-state index contributed by atoms with van der Waals surface area (Å²) in [7, 11) is 0. The van der Waals surface area contributed by atoms with E-state index in [9.17, 15) is 4.79 Å². The van der Waals surface area contributed by atoms with Gasteiger partial charge in [0.1, 0.15) is 0 Å². The highest BCUT2D eigenvalue weighted by atomic mass is 35.5. The highest BCUT2D eigenvalue weighted by Crippen LogP contribution is 2.13. The molecule has 0 bridgehead atoms. The lowest BCUT2D eigenvalue weighted by atomic mass is 10.3. The van der Waals surface area contributed by atoms with E-state index in [2.05, 4.69) is 5.32 Å². The van der Waals surface area contributed by atoms with Gasteiger partial charge in [0.2, 0.25) is 0 Å². The number of benzene rings is 1. The van der Waals surface area contributed by atoms with Crippen LogP contribution in [0.4, 0.5) is 5.69 Å². The van der Waals surface area contributed by atoms with Crippen molar-refractivity contribution in [2.45, 2.75) is 0 Å². The summed E-state index contributed by atoms with van der Waals surface area (Å²) in [4.78, 5) is 12.3. The molecule has 0 unspecified atom stereocenters. The molecule has 2 nitrogen and oxygen atoms in total. The van der Waals surface area contributed by atoms with Gasteiger partial charge >= 0.3 is 0 Å². The van der Waals surface area contributed by atoms with E-state index in [1.165, 1.54) is 17.4 Å². The lowest BCUT2D eigenvalue weighted by Crippen LogP contribution is -1.93. The van der Waals surface area contributed by atoms with Gasteiger partial charge in [-0.05, 0) is 35.7 Å². The van der Waals surface area contributed by atoms with Gasteiger partial charge in [-0.1, -0.05) is 17.7 Å². The molecular formula is C13H10ClNOS. The predicted molar refractivity (Wildman–Crippen MR) is 72.9 cm³/mol. The first kappa shape index (κ1) is 11.9. The molecule has 0 aliphatic carbocycles. The molecule has 0 saturated carbocycles. The quantitative estimate of drug-likeness (QED) is 0.661. The number of halogens is 1. The molecule has 1 aromatic heterocycles. The van der Waals surface area contributed by atoms with Crippen molar-refractivity contribution in [2.24, 2.45) is 0 Å². The van der Waals surface area contributed by atoms with E-state index in [0.717, 1.165) is 10.6 Å². The maximum absolute atomic E-state index is 11.6. The van der Waals surface area contributed by atoms with Gasteiger partial charge in [0, 0.05) is 23.0 Å². The van der Waals surface area contributed by atoms with Crippen molar-refractivity contribution in [3.8, 4) is 0 Å². The Balaban J connectivity index is 1.94. The smallest absolute Gasteiger partial charge is 0.197 e. The number of ketones is 1. The molecule has 0 saturated heterocycles. The van der Waals surface area contributed by atoms with Crippen molar-refractivity contribution in [1.82, 2.24) is 0 Å². The lowest BCUT2D eigenvalue weighted by Gasteiger charge is -1.99. The van der Waals surface area contributed by atoms with Gasteiger partial charge in [-0.15, -0.1) is 11.3 Å². The summed E-state index contributed by atoms with van der Waals surface area (Å²) in [5, 5.41) is 5.58. The standard InChI is InChI=1S/C13H10ClNOS/c14-10-3-5-11(6-4-10)15-8-7-12(16)13-2-1-9-17-13/h1-9,15H/b8-7-. The summed E-state index contributed by atoms with van der Waals surface area (Å²) < 4.78 is 0. The molecule has 0 amide bonds. The highest BCUT2D eigenvalue weighted by molar-refractivity contribution is 7.12. The third-order valence-corrected chi connectivity index (χ3v) is 3.23. The fraction of sp³-hybridized carbons (Fsp3) is 0. The van der Waals surface area contributed by atoms with Crippen molar-refractivity contribution >= 4 is 34.4 Å². The third-order valence-electron chi connectivity index (χ3n) is 2.09. The summed E-state index contributed by atoms with van der Waals surface area (Å²) in [6.07, 6.45) is 3.14. The average Bonchev–Trinajstić information content (AvgIpc) is 2.85. The number of rotatable bonds is 4. The maximum atomic E-state index is 11.6. The van der Waals surface area contributed by atoms with Crippen LogP contribution in [0.2, 0.25) is 5.02 Å². The Kier molecular flexibility index (Phi) is 3.96. The van der Waals surface area contributed by atoms with Gasteiger partial charge in [0.05, 0.1) is 4.88 Å². The third kappa shape index (κ3) is 3.44. The molecule has 1 N–H and O–H groups in total. The molecule has 0 atom stereocenters. The zero-order chi connectivity index (χ0) is 12.1. The van der Waals surface area contributed by atoms with Gasteiger partial charge in [0.25, 0.3) is 0 Å². The number of carbonyl (C=O) groups is 1. The van der Waals surface area contributed by atoms with Crippen LogP contribution in [0, 0.1) is 0 Å². The zero-order valence-corrected chi connectivity index (χ0v) is 10.5. The van der Waals surface area contributed by atoms with E-state index in [4.69, 9.17) is 11.6 Å². The van der Waals surface area contributed by atoms with Crippen LogP contribution in [0.15, 0.2) is 54.1 Å². The van der Waals surface area contributed by atoms with Gasteiger partial charge < -0.3 is 5.32 Å². The number of hydrogen-bond acceptors (Lipinski definition) is 3. The van der Waals surface area contributed by atoms with Crippen LogP contribution in [-0.4, -0.2) is 5.78 Å². The number of nitrogens with one attached hydrogen (secondary N) is 1.